The number of hydrogen-bond acceptors (Lipinski definition) is 3. The lowest BCUT2D eigenvalue weighted by Crippen LogP contribution is -2.29. The van der Waals surface area contributed by atoms with E-state index in [0.29, 0.717) is 11.3 Å². The van der Waals surface area contributed by atoms with E-state index in [9.17, 15) is 9.59 Å². The molecule has 6 heteroatoms. The first-order valence-electron chi connectivity index (χ1n) is 7.50. The van der Waals surface area contributed by atoms with Gasteiger partial charge in [0.15, 0.2) is 0 Å². The van der Waals surface area contributed by atoms with Crippen LogP contribution in [0.25, 0.3) is 0 Å². The largest absolute Gasteiger partial charge is 0.497 e. The second-order valence-electron chi connectivity index (χ2n) is 5.43. The Kier molecular flexibility index (Phi) is 5.42. The summed E-state index contributed by atoms with van der Waals surface area (Å²) in [6.07, 6.45) is 0. The molecule has 0 aliphatic heterocycles. The highest BCUT2D eigenvalue weighted by Crippen LogP contribution is 2.23. The maximum absolute atomic E-state index is 12.6. The van der Waals surface area contributed by atoms with Crippen molar-refractivity contribution in [2.75, 3.05) is 19.5 Å². The molecule has 0 aliphatic rings. The number of carbonyl (C=O) groups is 2. The first-order valence-corrected chi connectivity index (χ1v) is 7.50. The molecule has 0 fully saturated rings. The number of urea groups is 1. The zero-order valence-corrected chi connectivity index (χ0v) is 13.9. The number of primary amides is 1. The number of hydrogen-bond donors (Lipinski definition) is 2. The summed E-state index contributed by atoms with van der Waals surface area (Å²) in [6, 6.07) is 13.5. The van der Waals surface area contributed by atoms with Crippen molar-refractivity contribution < 1.29 is 14.3 Å². The molecule has 0 spiro atoms. The summed E-state index contributed by atoms with van der Waals surface area (Å²) in [4.78, 5) is 25.1. The van der Waals surface area contributed by atoms with Crippen LogP contribution >= 0.6 is 0 Å². The van der Waals surface area contributed by atoms with Crippen molar-refractivity contribution in [3.05, 3.63) is 59.7 Å². The summed E-state index contributed by atoms with van der Waals surface area (Å²) in [6.45, 7) is 1.96. The number of ether oxygens (including phenoxy) is 1. The molecule has 126 valence electrons. The Bertz CT molecular complexity index is 711. The highest BCUT2D eigenvalue weighted by Gasteiger charge is 2.19. The Labute approximate surface area is 141 Å². The molecule has 0 radical (unpaired) electrons. The molecule has 2 rings (SSSR count). The summed E-state index contributed by atoms with van der Waals surface area (Å²) in [5.74, 6) is 0.668. The minimum atomic E-state index is -0.640. The van der Waals surface area contributed by atoms with Gasteiger partial charge in [-0.15, -0.1) is 0 Å². The fraction of sp³-hybridized carbons (Fsp3) is 0.222. The zero-order chi connectivity index (χ0) is 17.7. The van der Waals surface area contributed by atoms with E-state index in [-0.39, 0.29) is 11.9 Å². The number of anilines is 1. The standard InChI is InChI=1S/C18H21N3O3/c1-12(13-6-10-16(24-3)11-7-13)21(2)17(22)14-4-8-15(9-5-14)20-18(19)23/h4-12H,1-3H3,(H3,19,20,23). The minimum Gasteiger partial charge on any atom is -0.497 e. The molecule has 0 aliphatic carbocycles. The van der Waals surface area contributed by atoms with Gasteiger partial charge in [-0.25, -0.2) is 4.79 Å². The van der Waals surface area contributed by atoms with Crippen molar-refractivity contribution in [1.29, 1.82) is 0 Å². The average Bonchev–Trinajstić information content (AvgIpc) is 2.60. The van der Waals surface area contributed by atoms with Crippen LogP contribution in [0.2, 0.25) is 0 Å². The Balaban J connectivity index is 2.11. The van der Waals surface area contributed by atoms with Crippen LogP contribution in [0.5, 0.6) is 5.75 Å². The van der Waals surface area contributed by atoms with Crippen LogP contribution in [0.15, 0.2) is 48.5 Å². The predicted octanol–water partition coefficient (Wildman–Crippen LogP) is 3.02. The summed E-state index contributed by atoms with van der Waals surface area (Å²) in [5.41, 5.74) is 7.16. The Morgan fingerprint density at radius 2 is 1.67 bits per heavy atom. The van der Waals surface area contributed by atoms with Crippen LogP contribution in [0.4, 0.5) is 10.5 Å². The molecular formula is C18H21N3O3. The third-order valence-corrected chi connectivity index (χ3v) is 3.90. The van der Waals surface area contributed by atoms with Gasteiger partial charge in [-0.05, 0) is 48.9 Å². The van der Waals surface area contributed by atoms with E-state index in [1.54, 1.807) is 43.3 Å². The zero-order valence-electron chi connectivity index (χ0n) is 13.9. The number of rotatable bonds is 5. The predicted molar refractivity (Wildman–Crippen MR) is 93.2 cm³/mol. The third-order valence-electron chi connectivity index (χ3n) is 3.90. The molecule has 1 atom stereocenters. The van der Waals surface area contributed by atoms with Gasteiger partial charge in [-0.1, -0.05) is 12.1 Å². The van der Waals surface area contributed by atoms with Crippen molar-refractivity contribution in [2.45, 2.75) is 13.0 Å². The Morgan fingerprint density at radius 1 is 1.08 bits per heavy atom. The average molecular weight is 327 g/mol. The fourth-order valence-electron chi connectivity index (χ4n) is 2.32. The molecular weight excluding hydrogens is 306 g/mol. The van der Waals surface area contributed by atoms with Gasteiger partial charge in [0.2, 0.25) is 0 Å². The lowest BCUT2D eigenvalue weighted by atomic mass is 10.1. The number of nitrogens with zero attached hydrogens (tertiary/aromatic N) is 1. The maximum Gasteiger partial charge on any atom is 0.316 e. The highest BCUT2D eigenvalue weighted by molar-refractivity contribution is 5.95. The van der Waals surface area contributed by atoms with Gasteiger partial charge in [0, 0.05) is 18.3 Å². The number of amides is 3. The van der Waals surface area contributed by atoms with Crippen LogP contribution in [-0.2, 0) is 0 Å². The van der Waals surface area contributed by atoms with Crippen LogP contribution in [-0.4, -0.2) is 31.0 Å². The van der Waals surface area contributed by atoms with Crippen LogP contribution in [0.1, 0.15) is 28.9 Å². The van der Waals surface area contributed by atoms with Crippen LogP contribution < -0.4 is 15.8 Å². The molecule has 0 saturated heterocycles. The fourth-order valence-corrected chi connectivity index (χ4v) is 2.32. The number of nitrogens with one attached hydrogen (secondary N) is 1. The van der Waals surface area contributed by atoms with E-state index < -0.39 is 6.03 Å². The normalized spacial score (nSPS) is 11.5. The summed E-state index contributed by atoms with van der Waals surface area (Å²) in [5, 5.41) is 2.46. The molecule has 24 heavy (non-hydrogen) atoms. The van der Waals surface area contributed by atoms with Crippen molar-refractivity contribution in [3.63, 3.8) is 0 Å². The molecule has 1 unspecified atom stereocenters. The van der Waals surface area contributed by atoms with Gasteiger partial charge in [0.25, 0.3) is 5.91 Å². The topological polar surface area (TPSA) is 84.7 Å². The smallest absolute Gasteiger partial charge is 0.316 e. The minimum absolute atomic E-state index is 0.0909. The molecule has 2 aromatic carbocycles. The van der Waals surface area contributed by atoms with Gasteiger partial charge in [-0.2, -0.15) is 0 Å². The van der Waals surface area contributed by atoms with Crippen molar-refractivity contribution in [3.8, 4) is 5.75 Å². The number of benzene rings is 2. The van der Waals surface area contributed by atoms with E-state index in [0.717, 1.165) is 11.3 Å². The molecule has 6 nitrogen and oxygen atoms in total. The molecule has 0 aromatic heterocycles. The molecule has 0 bridgehead atoms. The van der Waals surface area contributed by atoms with E-state index in [1.165, 1.54) is 0 Å². The Morgan fingerprint density at radius 3 is 2.17 bits per heavy atom. The molecule has 3 amide bonds. The second-order valence-corrected chi connectivity index (χ2v) is 5.43. The lowest BCUT2D eigenvalue weighted by Gasteiger charge is -2.25. The third kappa shape index (κ3) is 4.04. The first-order chi connectivity index (χ1) is 11.4. The lowest BCUT2D eigenvalue weighted by molar-refractivity contribution is 0.0742. The number of carbonyl (C=O) groups excluding carboxylic acids is 2. The van der Waals surface area contributed by atoms with Crippen molar-refractivity contribution in [1.82, 2.24) is 4.90 Å². The van der Waals surface area contributed by atoms with Gasteiger partial charge in [0.1, 0.15) is 5.75 Å². The molecule has 0 heterocycles. The van der Waals surface area contributed by atoms with E-state index in [1.807, 2.05) is 31.2 Å². The maximum atomic E-state index is 12.6. The van der Waals surface area contributed by atoms with Crippen molar-refractivity contribution in [2.24, 2.45) is 5.73 Å². The number of methoxy groups -OCH3 is 1. The summed E-state index contributed by atoms with van der Waals surface area (Å²) >= 11 is 0. The van der Waals surface area contributed by atoms with Crippen LogP contribution in [0.3, 0.4) is 0 Å². The van der Waals surface area contributed by atoms with E-state index in [4.69, 9.17) is 10.5 Å². The SMILES string of the molecule is COc1ccc(C(C)N(C)C(=O)c2ccc(NC(N)=O)cc2)cc1. The van der Waals surface area contributed by atoms with Gasteiger partial charge in [-0.3, -0.25) is 4.79 Å². The second kappa shape index (κ2) is 7.50. The number of nitrogens with two attached hydrogens (primary N) is 1. The Hall–Kier alpha value is -3.02. The summed E-state index contributed by atoms with van der Waals surface area (Å²) in [7, 11) is 3.37. The first kappa shape index (κ1) is 17.3. The molecule has 3 N–H and O–H groups in total. The highest BCUT2D eigenvalue weighted by atomic mass is 16.5. The van der Waals surface area contributed by atoms with E-state index >= 15 is 0 Å². The van der Waals surface area contributed by atoms with Gasteiger partial charge >= 0.3 is 6.03 Å². The van der Waals surface area contributed by atoms with Gasteiger partial charge in [0.05, 0.1) is 13.2 Å². The molecule has 2 aromatic rings. The summed E-state index contributed by atoms with van der Waals surface area (Å²) < 4.78 is 5.15. The quantitative estimate of drug-likeness (QED) is 0.885. The van der Waals surface area contributed by atoms with Crippen molar-refractivity contribution >= 4 is 17.6 Å². The van der Waals surface area contributed by atoms with Crippen LogP contribution in [0, 0.1) is 0 Å². The van der Waals surface area contributed by atoms with Gasteiger partial charge < -0.3 is 20.7 Å². The molecule has 0 saturated carbocycles. The monoisotopic (exact) mass is 327 g/mol. The van der Waals surface area contributed by atoms with E-state index in [2.05, 4.69) is 5.32 Å².